The molecule has 2 aromatic heterocycles. The maximum absolute atomic E-state index is 5.64. The van der Waals surface area contributed by atoms with Gasteiger partial charge >= 0.3 is 0 Å². The Morgan fingerprint density at radius 2 is 1.86 bits per heavy atom. The number of rotatable bonds is 5. The first-order valence-corrected chi connectivity index (χ1v) is 9.80. The molecule has 1 saturated heterocycles. The number of hydrogen-bond donors (Lipinski definition) is 1. The Balaban J connectivity index is 1.59. The number of nitrogens with zero attached hydrogens (tertiary/aromatic N) is 4. The first-order valence-electron chi connectivity index (χ1n) is 9.80. The summed E-state index contributed by atoms with van der Waals surface area (Å²) in [4.78, 5) is 9.24. The Hall–Kier alpha value is -2.73. The maximum atomic E-state index is 5.64. The average Bonchev–Trinajstić information content (AvgIpc) is 2.99. The fourth-order valence-corrected chi connectivity index (χ4v) is 4.10. The van der Waals surface area contributed by atoms with Crippen LogP contribution in [0.25, 0.3) is 11.3 Å². The van der Waals surface area contributed by atoms with Crippen molar-refractivity contribution in [3.8, 4) is 11.3 Å². The highest BCUT2D eigenvalue weighted by atomic mass is 16.5. The van der Waals surface area contributed by atoms with Crippen LogP contribution in [0.15, 0.2) is 42.6 Å². The zero-order valence-electron chi connectivity index (χ0n) is 16.8. The summed E-state index contributed by atoms with van der Waals surface area (Å²) in [5, 5.41) is 8.01. The molecule has 0 bridgehead atoms. The lowest BCUT2D eigenvalue weighted by Gasteiger charge is -2.38. The first-order chi connectivity index (χ1) is 13.6. The zero-order chi connectivity index (χ0) is 19.6. The molecule has 0 saturated carbocycles. The fraction of sp³-hybridized carbons (Fsp3) is 0.409. The van der Waals surface area contributed by atoms with Gasteiger partial charge in [0.15, 0.2) is 0 Å². The van der Waals surface area contributed by atoms with Crippen molar-refractivity contribution in [2.45, 2.75) is 32.1 Å². The lowest BCUT2D eigenvalue weighted by Crippen LogP contribution is -2.40. The smallest absolute Gasteiger partial charge is 0.223 e. The zero-order valence-corrected chi connectivity index (χ0v) is 16.8. The van der Waals surface area contributed by atoms with Gasteiger partial charge in [-0.1, -0.05) is 30.3 Å². The number of ether oxygens (including phenoxy) is 1. The van der Waals surface area contributed by atoms with Gasteiger partial charge in [0, 0.05) is 49.7 Å². The normalized spacial score (nSPS) is 16.1. The van der Waals surface area contributed by atoms with E-state index in [1.54, 1.807) is 0 Å². The Kier molecular flexibility index (Phi) is 5.13. The predicted molar refractivity (Wildman–Crippen MR) is 110 cm³/mol. The molecule has 1 N–H and O–H groups in total. The molecule has 1 aromatic carbocycles. The van der Waals surface area contributed by atoms with Crippen LogP contribution in [0.1, 0.15) is 29.8 Å². The van der Waals surface area contributed by atoms with Gasteiger partial charge in [0.05, 0.1) is 11.4 Å². The summed E-state index contributed by atoms with van der Waals surface area (Å²) in [5.41, 5.74) is 5.46. The third-order valence-electron chi connectivity index (χ3n) is 5.84. The summed E-state index contributed by atoms with van der Waals surface area (Å²) in [6.45, 7) is 6.44. The van der Waals surface area contributed by atoms with Crippen molar-refractivity contribution in [1.82, 2.24) is 19.7 Å². The average molecular weight is 377 g/mol. The summed E-state index contributed by atoms with van der Waals surface area (Å²) in [5.74, 6) is 0.655. The minimum atomic E-state index is 0.0407. The molecule has 0 spiro atoms. The van der Waals surface area contributed by atoms with Crippen LogP contribution in [0.4, 0.5) is 5.95 Å². The molecule has 0 atom stereocenters. The van der Waals surface area contributed by atoms with Crippen LogP contribution in [0.2, 0.25) is 0 Å². The molecule has 1 aliphatic heterocycles. The highest BCUT2D eigenvalue weighted by Crippen LogP contribution is 2.35. The largest absolute Gasteiger partial charge is 0.381 e. The third kappa shape index (κ3) is 3.52. The maximum Gasteiger partial charge on any atom is 0.223 e. The highest BCUT2D eigenvalue weighted by Gasteiger charge is 2.34. The molecule has 4 rings (SSSR count). The van der Waals surface area contributed by atoms with E-state index >= 15 is 0 Å². The van der Waals surface area contributed by atoms with Gasteiger partial charge in [-0.05, 0) is 38.3 Å². The molecule has 0 radical (unpaired) electrons. The molecular weight excluding hydrogens is 350 g/mol. The number of benzene rings is 1. The number of anilines is 1. The minimum absolute atomic E-state index is 0.0407. The van der Waals surface area contributed by atoms with Crippen molar-refractivity contribution < 1.29 is 4.74 Å². The summed E-state index contributed by atoms with van der Waals surface area (Å²) in [6.07, 6.45) is 3.80. The molecule has 28 heavy (non-hydrogen) atoms. The lowest BCUT2D eigenvalue weighted by molar-refractivity contribution is 0.0543. The highest BCUT2D eigenvalue weighted by molar-refractivity contribution is 5.65. The van der Waals surface area contributed by atoms with Crippen molar-refractivity contribution in [1.29, 1.82) is 0 Å². The topological polar surface area (TPSA) is 64.9 Å². The van der Waals surface area contributed by atoms with Gasteiger partial charge in [-0.25, -0.2) is 9.97 Å². The molecule has 6 heteroatoms. The van der Waals surface area contributed by atoms with Crippen molar-refractivity contribution in [3.05, 3.63) is 59.5 Å². The second-order valence-electron chi connectivity index (χ2n) is 7.55. The van der Waals surface area contributed by atoms with Crippen molar-refractivity contribution in [2.24, 2.45) is 7.05 Å². The van der Waals surface area contributed by atoms with Gasteiger partial charge < -0.3 is 10.1 Å². The van der Waals surface area contributed by atoms with Crippen LogP contribution in [0, 0.1) is 13.8 Å². The number of nitrogens with one attached hydrogen (secondary N) is 1. The van der Waals surface area contributed by atoms with Crippen LogP contribution >= 0.6 is 0 Å². The van der Waals surface area contributed by atoms with Crippen LogP contribution in [0.3, 0.4) is 0 Å². The van der Waals surface area contributed by atoms with Crippen molar-refractivity contribution in [2.75, 3.05) is 25.1 Å². The quantitative estimate of drug-likeness (QED) is 0.735. The second kappa shape index (κ2) is 7.72. The standard InChI is InChI=1S/C22H27N5O/c1-16-20(17(2)27(3)26-16)19-9-12-23-21(25-19)24-15-22(10-13-28-14-11-22)18-7-5-4-6-8-18/h4-9,12H,10-11,13-15H2,1-3H3,(H,23,24,25). The van der Waals surface area contributed by atoms with E-state index in [1.807, 2.05) is 30.9 Å². The van der Waals surface area contributed by atoms with Gasteiger partial charge in [-0.15, -0.1) is 0 Å². The monoisotopic (exact) mass is 377 g/mol. The van der Waals surface area contributed by atoms with Crippen LogP contribution in [-0.2, 0) is 17.2 Å². The van der Waals surface area contributed by atoms with Gasteiger partial charge in [-0.2, -0.15) is 5.10 Å². The molecule has 1 fully saturated rings. The van der Waals surface area contributed by atoms with E-state index in [-0.39, 0.29) is 5.41 Å². The van der Waals surface area contributed by atoms with E-state index < -0.39 is 0 Å². The van der Waals surface area contributed by atoms with Gasteiger partial charge in [0.1, 0.15) is 0 Å². The number of aryl methyl sites for hydroxylation is 2. The predicted octanol–water partition coefficient (Wildman–Crippen LogP) is 3.65. The fourth-order valence-electron chi connectivity index (χ4n) is 4.10. The molecule has 1 aliphatic rings. The molecule has 0 aliphatic carbocycles. The van der Waals surface area contributed by atoms with Crippen molar-refractivity contribution in [3.63, 3.8) is 0 Å². The Morgan fingerprint density at radius 3 is 2.54 bits per heavy atom. The third-order valence-corrected chi connectivity index (χ3v) is 5.84. The van der Waals surface area contributed by atoms with E-state index in [9.17, 15) is 0 Å². The Bertz CT molecular complexity index is 945. The second-order valence-corrected chi connectivity index (χ2v) is 7.55. The summed E-state index contributed by atoms with van der Waals surface area (Å²) >= 11 is 0. The molecule has 0 unspecified atom stereocenters. The molecule has 0 amide bonds. The SMILES string of the molecule is Cc1nn(C)c(C)c1-c1ccnc(NCC2(c3ccccc3)CCOCC2)n1. The van der Waals surface area contributed by atoms with Gasteiger partial charge in [0.2, 0.25) is 5.95 Å². The van der Waals surface area contributed by atoms with E-state index in [0.717, 1.165) is 55.2 Å². The van der Waals surface area contributed by atoms with E-state index in [0.29, 0.717) is 5.95 Å². The van der Waals surface area contributed by atoms with Gasteiger partial charge in [-0.3, -0.25) is 4.68 Å². The lowest BCUT2D eigenvalue weighted by atomic mass is 9.74. The Morgan fingerprint density at radius 1 is 1.11 bits per heavy atom. The van der Waals surface area contributed by atoms with E-state index in [4.69, 9.17) is 9.72 Å². The summed E-state index contributed by atoms with van der Waals surface area (Å²) in [7, 11) is 1.96. The molecule has 6 nitrogen and oxygen atoms in total. The minimum Gasteiger partial charge on any atom is -0.381 e. The molecule has 146 valence electrons. The Labute approximate surface area is 166 Å². The van der Waals surface area contributed by atoms with Gasteiger partial charge in [0.25, 0.3) is 0 Å². The van der Waals surface area contributed by atoms with Crippen molar-refractivity contribution >= 4 is 5.95 Å². The molecule has 3 heterocycles. The summed E-state index contributed by atoms with van der Waals surface area (Å²) < 4.78 is 7.53. The molecular formula is C22H27N5O. The van der Waals surface area contributed by atoms with E-state index in [1.165, 1.54) is 5.56 Å². The summed E-state index contributed by atoms with van der Waals surface area (Å²) in [6, 6.07) is 12.7. The van der Waals surface area contributed by atoms with Crippen LogP contribution in [-0.4, -0.2) is 39.5 Å². The van der Waals surface area contributed by atoms with Crippen LogP contribution in [0.5, 0.6) is 0 Å². The van der Waals surface area contributed by atoms with Crippen LogP contribution < -0.4 is 5.32 Å². The first kappa shape index (κ1) is 18.6. The van der Waals surface area contributed by atoms with E-state index in [2.05, 4.69) is 52.7 Å². The number of aromatic nitrogens is 4. The molecule has 3 aromatic rings. The number of hydrogen-bond acceptors (Lipinski definition) is 5.